The van der Waals surface area contributed by atoms with Crippen molar-refractivity contribution in [2.45, 2.75) is 32.7 Å². The molecule has 1 aliphatic rings. The monoisotopic (exact) mass is 294 g/mol. The van der Waals surface area contributed by atoms with Gasteiger partial charge in [-0.2, -0.15) is 5.10 Å². The van der Waals surface area contributed by atoms with Gasteiger partial charge in [0.05, 0.1) is 24.1 Å². The number of hydrogen-bond donors (Lipinski definition) is 3. The molecule has 1 heterocycles. The minimum Gasteiger partial charge on any atom is -0.348 e. The first kappa shape index (κ1) is 15.5. The highest BCUT2D eigenvalue weighted by molar-refractivity contribution is 5.92. The van der Waals surface area contributed by atoms with E-state index in [-0.39, 0.29) is 18.4 Å². The summed E-state index contributed by atoms with van der Waals surface area (Å²) in [6.07, 6.45) is 2.15. The highest BCUT2D eigenvalue weighted by Crippen LogP contribution is 2.18. The zero-order chi connectivity index (χ0) is 15.6. The lowest BCUT2D eigenvalue weighted by molar-refractivity contribution is -0.862. The van der Waals surface area contributed by atoms with Crippen LogP contribution in [-0.2, 0) is 16.6 Å². The van der Waals surface area contributed by atoms with E-state index in [1.807, 2.05) is 27.9 Å². The standard InChI is InChI=1S/C14H23N5O2/c1-9-14(10(2)19(4)17-9)16-13(21)8-18(3)7-12(20)15-11-5-6-11/h11H,5-8H2,1-4H3,(H,15,20)(H,16,21)/p+1. The van der Waals surface area contributed by atoms with E-state index < -0.39 is 0 Å². The minimum absolute atomic E-state index is 0.0107. The van der Waals surface area contributed by atoms with E-state index >= 15 is 0 Å². The van der Waals surface area contributed by atoms with Gasteiger partial charge in [0, 0.05) is 13.1 Å². The maximum Gasteiger partial charge on any atom is 0.279 e. The van der Waals surface area contributed by atoms with Crippen molar-refractivity contribution in [2.24, 2.45) is 7.05 Å². The van der Waals surface area contributed by atoms with E-state index in [2.05, 4.69) is 15.7 Å². The minimum atomic E-state index is -0.106. The quantitative estimate of drug-likeness (QED) is 0.614. The Kier molecular flexibility index (Phi) is 4.62. The number of hydrogen-bond acceptors (Lipinski definition) is 3. The molecule has 7 nitrogen and oxygen atoms in total. The zero-order valence-electron chi connectivity index (χ0n) is 13.1. The van der Waals surface area contributed by atoms with Crippen molar-refractivity contribution in [3.8, 4) is 0 Å². The number of anilines is 1. The van der Waals surface area contributed by atoms with Crippen molar-refractivity contribution in [1.82, 2.24) is 15.1 Å². The first-order valence-corrected chi connectivity index (χ1v) is 7.27. The Labute approximate surface area is 124 Å². The van der Waals surface area contributed by atoms with E-state index in [1.54, 1.807) is 4.68 Å². The Bertz CT molecular complexity index is 548. The van der Waals surface area contributed by atoms with E-state index in [4.69, 9.17) is 0 Å². The van der Waals surface area contributed by atoms with Crippen LogP contribution in [0.5, 0.6) is 0 Å². The fourth-order valence-corrected chi connectivity index (χ4v) is 2.26. The van der Waals surface area contributed by atoms with Gasteiger partial charge in [0.2, 0.25) is 0 Å². The first-order valence-electron chi connectivity index (χ1n) is 7.27. The number of likely N-dealkylation sites (N-methyl/N-ethyl adjacent to an activating group) is 1. The fourth-order valence-electron chi connectivity index (χ4n) is 2.26. The lowest BCUT2D eigenvalue weighted by Gasteiger charge is -2.13. The highest BCUT2D eigenvalue weighted by Gasteiger charge is 2.25. The molecule has 1 atom stereocenters. The molecule has 116 valence electrons. The molecule has 0 spiro atoms. The summed E-state index contributed by atoms with van der Waals surface area (Å²) in [5.41, 5.74) is 2.48. The van der Waals surface area contributed by atoms with Gasteiger partial charge in [-0.15, -0.1) is 0 Å². The van der Waals surface area contributed by atoms with Gasteiger partial charge >= 0.3 is 0 Å². The van der Waals surface area contributed by atoms with Crippen LogP contribution in [0.2, 0.25) is 0 Å². The molecule has 21 heavy (non-hydrogen) atoms. The van der Waals surface area contributed by atoms with Crippen LogP contribution in [0.4, 0.5) is 5.69 Å². The Morgan fingerprint density at radius 3 is 2.43 bits per heavy atom. The summed E-state index contributed by atoms with van der Waals surface area (Å²) in [5.74, 6) is -0.0949. The molecule has 2 rings (SSSR count). The average Bonchev–Trinajstić information content (AvgIpc) is 3.13. The summed E-state index contributed by atoms with van der Waals surface area (Å²) < 4.78 is 1.74. The van der Waals surface area contributed by atoms with Crippen molar-refractivity contribution in [1.29, 1.82) is 0 Å². The molecule has 0 saturated heterocycles. The molecule has 1 fully saturated rings. The summed E-state index contributed by atoms with van der Waals surface area (Å²) in [7, 11) is 3.69. The van der Waals surface area contributed by atoms with Gasteiger partial charge in [-0.25, -0.2) is 0 Å². The normalized spacial score (nSPS) is 15.6. The Morgan fingerprint density at radius 1 is 1.29 bits per heavy atom. The van der Waals surface area contributed by atoms with Crippen LogP contribution in [0.3, 0.4) is 0 Å². The number of rotatable bonds is 6. The molecular weight excluding hydrogens is 270 g/mol. The van der Waals surface area contributed by atoms with Gasteiger partial charge in [0.1, 0.15) is 0 Å². The smallest absolute Gasteiger partial charge is 0.279 e. The number of nitrogens with one attached hydrogen (secondary N) is 3. The Balaban J connectivity index is 1.81. The molecule has 1 aliphatic carbocycles. The van der Waals surface area contributed by atoms with Crippen molar-refractivity contribution in [3.63, 3.8) is 0 Å². The van der Waals surface area contributed by atoms with Gasteiger partial charge in [0.15, 0.2) is 13.1 Å². The molecule has 3 N–H and O–H groups in total. The third-order valence-electron chi connectivity index (χ3n) is 3.64. The van der Waals surface area contributed by atoms with E-state index in [1.165, 1.54) is 0 Å². The lowest BCUT2D eigenvalue weighted by Crippen LogP contribution is -3.11. The molecule has 2 amide bonds. The van der Waals surface area contributed by atoms with E-state index in [0.29, 0.717) is 12.6 Å². The maximum atomic E-state index is 12.1. The third kappa shape index (κ3) is 4.29. The van der Waals surface area contributed by atoms with Gasteiger partial charge < -0.3 is 15.5 Å². The predicted molar refractivity (Wildman–Crippen MR) is 79.1 cm³/mol. The number of amides is 2. The second-order valence-electron chi connectivity index (χ2n) is 5.87. The summed E-state index contributed by atoms with van der Waals surface area (Å²) in [4.78, 5) is 24.6. The molecule has 1 unspecified atom stereocenters. The molecule has 1 saturated carbocycles. The number of carbonyl (C=O) groups is 2. The second kappa shape index (κ2) is 6.26. The number of nitrogens with zero attached hydrogens (tertiary/aromatic N) is 2. The first-order chi connectivity index (χ1) is 9.86. The van der Waals surface area contributed by atoms with E-state index in [0.717, 1.165) is 34.8 Å². The van der Waals surface area contributed by atoms with Crippen molar-refractivity contribution >= 4 is 17.5 Å². The lowest BCUT2D eigenvalue weighted by atomic mass is 10.3. The zero-order valence-corrected chi connectivity index (χ0v) is 13.1. The SMILES string of the molecule is Cc1nn(C)c(C)c1NC(=O)C[NH+](C)CC(=O)NC1CC1. The van der Waals surface area contributed by atoms with Crippen molar-refractivity contribution < 1.29 is 14.5 Å². The van der Waals surface area contributed by atoms with Crippen molar-refractivity contribution in [2.75, 3.05) is 25.5 Å². The fraction of sp³-hybridized carbons (Fsp3) is 0.643. The summed E-state index contributed by atoms with van der Waals surface area (Å²) in [6, 6.07) is 0.361. The van der Waals surface area contributed by atoms with Crippen LogP contribution in [-0.4, -0.2) is 47.8 Å². The molecule has 1 aromatic heterocycles. The molecule has 1 aromatic rings. The Morgan fingerprint density at radius 2 is 1.90 bits per heavy atom. The van der Waals surface area contributed by atoms with Gasteiger partial charge in [-0.1, -0.05) is 0 Å². The number of carbonyl (C=O) groups excluding carboxylic acids is 2. The molecule has 0 aromatic carbocycles. The van der Waals surface area contributed by atoms with Gasteiger partial charge in [0.25, 0.3) is 11.8 Å². The topological polar surface area (TPSA) is 80.5 Å². The third-order valence-corrected chi connectivity index (χ3v) is 3.64. The van der Waals surface area contributed by atoms with Gasteiger partial charge in [-0.3, -0.25) is 14.3 Å². The van der Waals surface area contributed by atoms with Crippen LogP contribution in [0, 0.1) is 13.8 Å². The molecule has 0 bridgehead atoms. The summed E-state index contributed by atoms with van der Waals surface area (Å²) in [6.45, 7) is 4.35. The van der Waals surface area contributed by atoms with Crippen molar-refractivity contribution in [3.05, 3.63) is 11.4 Å². The second-order valence-corrected chi connectivity index (χ2v) is 5.87. The average molecular weight is 294 g/mol. The Hall–Kier alpha value is -1.89. The molecule has 0 radical (unpaired) electrons. The largest absolute Gasteiger partial charge is 0.348 e. The van der Waals surface area contributed by atoms with Crippen LogP contribution >= 0.6 is 0 Å². The van der Waals surface area contributed by atoms with Crippen LogP contribution < -0.4 is 15.5 Å². The van der Waals surface area contributed by atoms with Crippen LogP contribution in [0.1, 0.15) is 24.2 Å². The van der Waals surface area contributed by atoms with Crippen LogP contribution in [0.15, 0.2) is 0 Å². The maximum absolute atomic E-state index is 12.1. The number of aromatic nitrogens is 2. The van der Waals surface area contributed by atoms with Gasteiger partial charge in [-0.05, 0) is 26.7 Å². The summed E-state index contributed by atoms with van der Waals surface area (Å²) >= 11 is 0. The molecular formula is C14H24N5O2+. The van der Waals surface area contributed by atoms with E-state index in [9.17, 15) is 9.59 Å². The number of quaternary nitrogens is 1. The molecule has 0 aliphatic heterocycles. The summed E-state index contributed by atoms with van der Waals surface area (Å²) in [5, 5.41) is 10.1. The molecule has 7 heteroatoms. The predicted octanol–water partition coefficient (Wildman–Crippen LogP) is -1.23. The number of aryl methyl sites for hydroxylation is 2. The van der Waals surface area contributed by atoms with Crippen LogP contribution in [0.25, 0.3) is 0 Å². The highest BCUT2D eigenvalue weighted by atomic mass is 16.2.